The molecule has 0 bridgehead atoms. The molecule has 1 aliphatic carbocycles. The summed E-state index contributed by atoms with van der Waals surface area (Å²) >= 11 is 0. The summed E-state index contributed by atoms with van der Waals surface area (Å²) in [4.78, 5) is 2.27. The van der Waals surface area contributed by atoms with Gasteiger partial charge in [0, 0.05) is 17.9 Å². The van der Waals surface area contributed by atoms with Gasteiger partial charge in [0.25, 0.3) is 0 Å². The van der Waals surface area contributed by atoms with Gasteiger partial charge >= 0.3 is 0 Å². The Kier molecular flexibility index (Phi) is 5.06. The second-order valence-electron chi connectivity index (χ2n) is 6.75. The Morgan fingerprint density at radius 2 is 1.83 bits per heavy atom. The van der Waals surface area contributed by atoms with E-state index < -0.39 is 0 Å². The number of methoxy groups -OCH3 is 1. The van der Waals surface area contributed by atoms with Crippen LogP contribution in [0.3, 0.4) is 0 Å². The smallest absolute Gasteiger partial charge is 0.118 e. The fourth-order valence-electron chi connectivity index (χ4n) is 3.57. The standard InChI is InChI=1S/C20H28N2O/c1-21(2)13-6-14-22-19-8-5-4-7-17(19)15-20(22)16-9-11-18(23-3)12-10-16/h9-12,15H,4-8,13-14H2,1-3H3. The van der Waals surface area contributed by atoms with Crippen molar-refractivity contribution in [1.29, 1.82) is 0 Å². The molecule has 23 heavy (non-hydrogen) atoms. The highest BCUT2D eigenvalue weighted by atomic mass is 16.5. The summed E-state index contributed by atoms with van der Waals surface area (Å²) in [7, 11) is 6.02. The molecule has 3 heteroatoms. The van der Waals surface area contributed by atoms with Crippen LogP contribution in [-0.2, 0) is 19.4 Å². The van der Waals surface area contributed by atoms with Crippen LogP contribution < -0.4 is 4.74 Å². The van der Waals surface area contributed by atoms with Gasteiger partial charge in [-0.15, -0.1) is 0 Å². The molecule has 3 rings (SSSR count). The van der Waals surface area contributed by atoms with Crippen LogP contribution in [0.4, 0.5) is 0 Å². The molecule has 0 aliphatic heterocycles. The van der Waals surface area contributed by atoms with Gasteiger partial charge in [-0.05, 0) is 94.2 Å². The Morgan fingerprint density at radius 1 is 1.09 bits per heavy atom. The van der Waals surface area contributed by atoms with Crippen molar-refractivity contribution in [3.63, 3.8) is 0 Å². The van der Waals surface area contributed by atoms with Crippen LogP contribution in [0.2, 0.25) is 0 Å². The zero-order valence-electron chi connectivity index (χ0n) is 14.6. The first-order chi connectivity index (χ1) is 11.2. The fraction of sp³-hybridized carbons (Fsp3) is 0.500. The summed E-state index contributed by atoms with van der Waals surface area (Å²) in [5, 5.41) is 0. The van der Waals surface area contributed by atoms with E-state index >= 15 is 0 Å². The van der Waals surface area contributed by atoms with Crippen molar-refractivity contribution in [2.45, 2.75) is 38.6 Å². The zero-order chi connectivity index (χ0) is 16.2. The summed E-state index contributed by atoms with van der Waals surface area (Å²) in [5.74, 6) is 0.921. The second kappa shape index (κ2) is 7.22. The molecule has 0 saturated carbocycles. The predicted molar refractivity (Wildman–Crippen MR) is 96.2 cm³/mol. The van der Waals surface area contributed by atoms with E-state index in [0.717, 1.165) is 18.8 Å². The second-order valence-corrected chi connectivity index (χ2v) is 6.75. The number of rotatable bonds is 6. The molecule has 1 aromatic carbocycles. The number of fused-ring (bicyclic) bond motifs is 1. The van der Waals surface area contributed by atoms with Crippen molar-refractivity contribution < 1.29 is 4.74 Å². The maximum Gasteiger partial charge on any atom is 0.118 e. The van der Waals surface area contributed by atoms with E-state index in [4.69, 9.17) is 4.74 Å². The molecule has 2 aromatic rings. The molecule has 1 aliphatic rings. The molecule has 124 valence electrons. The number of aryl methyl sites for hydroxylation is 1. The quantitative estimate of drug-likeness (QED) is 0.802. The van der Waals surface area contributed by atoms with Crippen LogP contribution >= 0.6 is 0 Å². The van der Waals surface area contributed by atoms with Gasteiger partial charge in [0.1, 0.15) is 5.75 Å². The Balaban J connectivity index is 1.92. The van der Waals surface area contributed by atoms with Crippen molar-refractivity contribution in [2.24, 2.45) is 0 Å². The highest BCUT2D eigenvalue weighted by molar-refractivity contribution is 5.63. The number of ether oxygens (including phenoxy) is 1. The Bertz CT molecular complexity index is 640. The van der Waals surface area contributed by atoms with E-state index in [0.29, 0.717) is 0 Å². The third-order valence-corrected chi connectivity index (χ3v) is 4.78. The molecule has 0 N–H and O–H groups in total. The minimum atomic E-state index is 0.921. The van der Waals surface area contributed by atoms with Gasteiger partial charge in [-0.25, -0.2) is 0 Å². The molecule has 3 nitrogen and oxygen atoms in total. The summed E-state index contributed by atoms with van der Waals surface area (Å²) in [6, 6.07) is 10.9. The summed E-state index contributed by atoms with van der Waals surface area (Å²) in [6.45, 7) is 2.24. The maximum absolute atomic E-state index is 5.30. The Morgan fingerprint density at radius 3 is 2.52 bits per heavy atom. The summed E-state index contributed by atoms with van der Waals surface area (Å²) in [5.41, 5.74) is 5.80. The summed E-state index contributed by atoms with van der Waals surface area (Å²) in [6.07, 6.45) is 6.31. The van der Waals surface area contributed by atoms with Gasteiger partial charge in [-0.1, -0.05) is 0 Å². The van der Waals surface area contributed by atoms with Crippen molar-refractivity contribution >= 4 is 0 Å². The van der Waals surface area contributed by atoms with Crippen molar-refractivity contribution in [2.75, 3.05) is 27.7 Å². The predicted octanol–water partition coefficient (Wildman–Crippen LogP) is 3.99. The van der Waals surface area contributed by atoms with Crippen molar-refractivity contribution in [3.8, 4) is 17.0 Å². The molecule has 0 spiro atoms. The number of nitrogens with zero attached hydrogens (tertiary/aromatic N) is 2. The first kappa shape index (κ1) is 16.1. The van der Waals surface area contributed by atoms with Gasteiger partial charge in [0.15, 0.2) is 0 Å². The fourth-order valence-corrected chi connectivity index (χ4v) is 3.57. The minimum Gasteiger partial charge on any atom is -0.497 e. The van der Waals surface area contributed by atoms with E-state index in [9.17, 15) is 0 Å². The van der Waals surface area contributed by atoms with Crippen LogP contribution in [0.15, 0.2) is 30.3 Å². The zero-order valence-corrected chi connectivity index (χ0v) is 14.6. The third-order valence-electron chi connectivity index (χ3n) is 4.78. The molecule has 0 radical (unpaired) electrons. The topological polar surface area (TPSA) is 17.4 Å². The van der Waals surface area contributed by atoms with Crippen LogP contribution in [0.5, 0.6) is 5.75 Å². The van der Waals surface area contributed by atoms with E-state index in [1.54, 1.807) is 18.4 Å². The van der Waals surface area contributed by atoms with Gasteiger partial charge < -0.3 is 14.2 Å². The first-order valence-corrected chi connectivity index (χ1v) is 8.69. The Labute approximate surface area is 139 Å². The molecule has 1 aromatic heterocycles. The largest absolute Gasteiger partial charge is 0.497 e. The van der Waals surface area contributed by atoms with Crippen molar-refractivity contribution in [1.82, 2.24) is 9.47 Å². The lowest BCUT2D eigenvalue weighted by Crippen LogP contribution is -2.17. The number of aromatic nitrogens is 1. The van der Waals surface area contributed by atoms with Gasteiger partial charge in [-0.3, -0.25) is 0 Å². The molecular weight excluding hydrogens is 284 g/mol. The number of benzene rings is 1. The van der Waals surface area contributed by atoms with E-state index in [1.165, 1.54) is 43.4 Å². The molecule has 1 heterocycles. The average Bonchev–Trinajstić information content (AvgIpc) is 2.93. The van der Waals surface area contributed by atoms with Crippen LogP contribution in [0, 0.1) is 0 Å². The average molecular weight is 312 g/mol. The highest BCUT2D eigenvalue weighted by Gasteiger charge is 2.18. The molecule has 0 amide bonds. The Hall–Kier alpha value is -1.74. The first-order valence-electron chi connectivity index (χ1n) is 8.69. The van der Waals surface area contributed by atoms with Gasteiger partial charge in [0.05, 0.1) is 7.11 Å². The summed E-state index contributed by atoms with van der Waals surface area (Å²) < 4.78 is 7.86. The van der Waals surface area contributed by atoms with Gasteiger partial charge in [-0.2, -0.15) is 0 Å². The molecule has 0 atom stereocenters. The molecule has 0 fully saturated rings. The van der Waals surface area contributed by atoms with Crippen LogP contribution in [-0.4, -0.2) is 37.2 Å². The van der Waals surface area contributed by atoms with Crippen LogP contribution in [0.25, 0.3) is 11.3 Å². The maximum atomic E-state index is 5.30. The molecule has 0 unspecified atom stereocenters. The van der Waals surface area contributed by atoms with E-state index in [-0.39, 0.29) is 0 Å². The minimum absolute atomic E-state index is 0.921. The lowest BCUT2D eigenvalue weighted by atomic mass is 9.98. The molecule has 0 saturated heterocycles. The normalized spacial score (nSPS) is 14.1. The third kappa shape index (κ3) is 3.61. The monoisotopic (exact) mass is 312 g/mol. The molecular formula is C20H28N2O. The SMILES string of the molecule is COc1ccc(-c2cc3c(n2CCCN(C)C)CCCC3)cc1. The number of hydrogen-bond acceptors (Lipinski definition) is 2. The van der Waals surface area contributed by atoms with Gasteiger partial charge in [0.2, 0.25) is 0 Å². The number of hydrogen-bond donors (Lipinski definition) is 0. The lowest BCUT2D eigenvalue weighted by Gasteiger charge is -2.18. The highest BCUT2D eigenvalue weighted by Crippen LogP contribution is 2.32. The van der Waals surface area contributed by atoms with E-state index in [2.05, 4.69) is 53.9 Å². The lowest BCUT2D eigenvalue weighted by molar-refractivity contribution is 0.385. The van der Waals surface area contributed by atoms with Crippen molar-refractivity contribution in [3.05, 3.63) is 41.6 Å². The van der Waals surface area contributed by atoms with E-state index in [1.807, 2.05) is 0 Å². The van der Waals surface area contributed by atoms with Crippen LogP contribution in [0.1, 0.15) is 30.5 Å².